The van der Waals surface area contributed by atoms with E-state index >= 15 is 0 Å². The Morgan fingerprint density at radius 3 is 2.52 bits per heavy atom. The van der Waals surface area contributed by atoms with Gasteiger partial charge in [-0.3, -0.25) is 10.3 Å². The van der Waals surface area contributed by atoms with Gasteiger partial charge in [0, 0.05) is 18.2 Å². The molecule has 1 amide bonds. The predicted octanol–water partition coefficient (Wildman–Crippen LogP) is 3.97. The Morgan fingerprint density at radius 2 is 1.97 bits per heavy atom. The van der Waals surface area contributed by atoms with Gasteiger partial charge in [-0.2, -0.15) is 18.2 Å². The van der Waals surface area contributed by atoms with E-state index in [0.717, 1.165) is 13.0 Å². The van der Waals surface area contributed by atoms with Crippen molar-refractivity contribution in [3.05, 3.63) is 41.2 Å². The topological polar surface area (TPSA) is 112 Å². The van der Waals surface area contributed by atoms with Crippen molar-refractivity contribution in [1.82, 2.24) is 4.98 Å². The molecule has 1 aliphatic heterocycles. The van der Waals surface area contributed by atoms with Crippen LogP contribution in [0.1, 0.15) is 31.1 Å². The molecular formula is C19H20F4N4O4. The number of nitrogens with two attached hydrogens (primary N) is 1. The van der Waals surface area contributed by atoms with Crippen LogP contribution < -0.4 is 15.8 Å². The lowest BCUT2D eigenvalue weighted by atomic mass is 9.89. The molecule has 1 aromatic heterocycles. The van der Waals surface area contributed by atoms with Gasteiger partial charge in [0.1, 0.15) is 17.2 Å². The van der Waals surface area contributed by atoms with Crippen molar-refractivity contribution in [2.45, 2.75) is 45.0 Å². The van der Waals surface area contributed by atoms with Crippen LogP contribution in [0, 0.1) is 19.7 Å². The van der Waals surface area contributed by atoms with Crippen LogP contribution in [0.3, 0.4) is 0 Å². The molecule has 3 rings (SSSR count). The number of alkyl halides is 3. The molecule has 0 spiro atoms. The van der Waals surface area contributed by atoms with Crippen LogP contribution in [0.25, 0.3) is 0 Å². The van der Waals surface area contributed by atoms with Crippen molar-refractivity contribution in [2.75, 3.05) is 11.9 Å². The Bertz CT molecular complexity index is 1050. The summed E-state index contributed by atoms with van der Waals surface area (Å²) in [5.74, 6) is -1.04. The predicted molar refractivity (Wildman–Crippen MR) is 101 cm³/mol. The van der Waals surface area contributed by atoms with E-state index in [2.05, 4.69) is 15.3 Å². The van der Waals surface area contributed by atoms with Gasteiger partial charge in [0.2, 0.25) is 5.60 Å². The average molecular weight is 444 g/mol. The first-order valence-electron chi connectivity index (χ1n) is 9.04. The minimum atomic E-state index is -4.80. The Labute approximate surface area is 174 Å². The highest BCUT2D eigenvalue weighted by Gasteiger charge is 2.59. The Balaban J connectivity index is 1.86. The van der Waals surface area contributed by atoms with Crippen molar-refractivity contribution in [3.63, 3.8) is 0 Å². The molecule has 8 nitrogen and oxygen atoms in total. The lowest BCUT2D eigenvalue weighted by Gasteiger charge is -2.41. The summed E-state index contributed by atoms with van der Waals surface area (Å²) in [6, 6.07) is 3.50. The number of amidine groups is 1. The fourth-order valence-corrected chi connectivity index (χ4v) is 2.98. The van der Waals surface area contributed by atoms with Crippen LogP contribution in [-0.2, 0) is 10.3 Å². The number of hydrogen-bond donors (Lipinski definition) is 2. The van der Waals surface area contributed by atoms with E-state index in [9.17, 15) is 22.4 Å². The van der Waals surface area contributed by atoms with Crippen molar-refractivity contribution in [3.8, 4) is 5.88 Å². The molecule has 0 fully saturated rings. The van der Waals surface area contributed by atoms with Crippen LogP contribution in [0.15, 0.2) is 27.6 Å². The monoisotopic (exact) mass is 444 g/mol. The van der Waals surface area contributed by atoms with Gasteiger partial charge in [-0.1, -0.05) is 0 Å². The maximum absolute atomic E-state index is 14.5. The van der Waals surface area contributed by atoms with E-state index in [-0.39, 0.29) is 22.9 Å². The van der Waals surface area contributed by atoms with Crippen molar-refractivity contribution in [1.29, 1.82) is 0 Å². The van der Waals surface area contributed by atoms with Gasteiger partial charge in [0.05, 0.1) is 6.61 Å². The molecule has 2 atom stereocenters. The first-order valence-corrected chi connectivity index (χ1v) is 9.04. The second-order valence-electron chi connectivity index (χ2n) is 7.39. The minimum absolute atomic E-state index is 0.0335. The molecule has 31 heavy (non-hydrogen) atoms. The van der Waals surface area contributed by atoms with Gasteiger partial charge in [-0.05, 0) is 39.0 Å². The minimum Gasteiger partial charge on any atom is -0.442 e. The highest BCUT2D eigenvalue weighted by atomic mass is 19.4. The number of anilines is 1. The molecule has 2 aromatic rings. The lowest BCUT2D eigenvalue weighted by Crippen LogP contribution is -2.60. The van der Waals surface area contributed by atoms with Gasteiger partial charge in [-0.25, -0.2) is 9.18 Å². The van der Waals surface area contributed by atoms with E-state index < -0.39 is 41.7 Å². The van der Waals surface area contributed by atoms with Gasteiger partial charge in [0.15, 0.2) is 11.7 Å². The first-order chi connectivity index (χ1) is 14.2. The standard InChI is InChI=1S/C19H20F4N4O4/c1-9-14(25-10(2)30-9)31-16(28)26-11-5-6-13(20)12(7-11)17(3)8-29-18(4,15(24)27-17)19(21,22)23/h5-7H,8H2,1-4H3,(H2,24,27)(H,26,28)/t17-,18+/m0/s1. The summed E-state index contributed by atoms with van der Waals surface area (Å²) in [6.07, 6.45) is -5.72. The number of aromatic nitrogens is 1. The molecule has 12 heteroatoms. The van der Waals surface area contributed by atoms with Gasteiger partial charge < -0.3 is 19.6 Å². The quantitative estimate of drug-likeness (QED) is 0.693. The number of halogens is 4. The summed E-state index contributed by atoms with van der Waals surface area (Å²) < 4.78 is 69.6. The van der Waals surface area contributed by atoms with Crippen LogP contribution in [0.5, 0.6) is 5.88 Å². The number of nitrogens with one attached hydrogen (secondary N) is 1. The van der Waals surface area contributed by atoms with Crippen LogP contribution >= 0.6 is 0 Å². The number of hydrogen-bond acceptors (Lipinski definition) is 7. The molecule has 0 saturated carbocycles. The molecule has 0 aliphatic carbocycles. The molecule has 0 radical (unpaired) electrons. The van der Waals surface area contributed by atoms with Crippen LogP contribution in [-0.4, -0.2) is 35.3 Å². The number of carbonyl (C=O) groups is 1. The molecule has 1 aromatic carbocycles. The van der Waals surface area contributed by atoms with E-state index in [1.54, 1.807) is 13.8 Å². The molecule has 2 heterocycles. The van der Waals surface area contributed by atoms with E-state index in [4.69, 9.17) is 19.6 Å². The van der Waals surface area contributed by atoms with E-state index in [1.807, 2.05) is 0 Å². The Kier molecular flexibility index (Phi) is 5.47. The molecular weight excluding hydrogens is 424 g/mol. The first kappa shape index (κ1) is 22.5. The SMILES string of the molecule is Cc1nc(OC(=O)Nc2ccc(F)c([C@]3(C)CO[C@@](C)(C(F)(F)F)C(N)=N3)c2)c(C)o1. The second-order valence-corrected chi connectivity index (χ2v) is 7.39. The normalized spacial score (nSPS) is 23.9. The average Bonchev–Trinajstić information content (AvgIpc) is 2.96. The summed E-state index contributed by atoms with van der Waals surface area (Å²) in [5.41, 5.74) is 1.21. The third-order valence-electron chi connectivity index (χ3n) is 4.88. The number of ether oxygens (including phenoxy) is 2. The van der Waals surface area contributed by atoms with E-state index in [1.165, 1.54) is 19.1 Å². The molecule has 3 N–H and O–H groups in total. The fourth-order valence-electron chi connectivity index (χ4n) is 2.98. The third-order valence-corrected chi connectivity index (χ3v) is 4.88. The van der Waals surface area contributed by atoms with Gasteiger partial charge in [0.25, 0.3) is 5.88 Å². The molecule has 168 valence electrons. The number of oxazole rings is 1. The number of benzene rings is 1. The number of nitrogens with zero attached hydrogens (tertiary/aromatic N) is 2. The molecule has 0 bridgehead atoms. The third kappa shape index (κ3) is 4.20. The van der Waals surface area contributed by atoms with Crippen molar-refractivity contribution >= 4 is 17.6 Å². The smallest absolute Gasteiger partial charge is 0.424 e. The summed E-state index contributed by atoms with van der Waals surface area (Å²) in [6.45, 7) is 4.67. The maximum atomic E-state index is 14.5. The zero-order valence-electron chi connectivity index (χ0n) is 17.1. The highest BCUT2D eigenvalue weighted by Crippen LogP contribution is 2.41. The summed E-state index contributed by atoms with van der Waals surface area (Å²) in [5, 5.41) is 2.39. The number of aryl methyl sites for hydroxylation is 2. The molecule has 0 saturated heterocycles. The van der Waals surface area contributed by atoms with Gasteiger partial charge >= 0.3 is 12.3 Å². The zero-order chi connectivity index (χ0) is 23.2. The van der Waals surface area contributed by atoms with Crippen LogP contribution in [0.4, 0.5) is 28.0 Å². The number of amides is 1. The lowest BCUT2D eigenvalue weighted by molar-refractivity contribution is -0.249. The summed E-state index contributed by atoms with van der Waals surface area (Å²) >= 11 is 0. The van der Waals surface area contributed by atoms with E-state index in [0.29, 0.717) is 5.89 Å². The maximum Gasteiger partial charge on any atom is 0.424 e. The van der Waals surface area contributed by atoms with Gasteiger partial charge in [-0.15, -0.1) is 0 Å². The number of carbonyl (C=O) groups excluding carboxylic acids is 1. The summed E-state index contributed by atoms with van der Waals surface area (Å²) in [4.78, 5) is 19.9. The second kappa shape index (κ2) is 7.52. The van der Waals surface area contributed by atoms with Crippen molar-refractivity contribution in [2.24, 2.45) is 10.7 Å². The number of aliphatic imine (C=N–C) groups is 1. The van der Waals surface area contributed by atoms with Crippen molar-refractivity contribution < 1.29 is 36.2 Å². The zero-order valence-corrected chi connectivity index (χ0v) is 17.1. The summed E-state index contributed by atoms with van der Waals surface area (Å²) in [7, 11) is 0. The Morgan fingerprint density at radius 1 is 1.29 bits per heavy atom. The number of rotatable bonds is 3. The highest BCUT2D eigenvalue weighted by molar-refractivity contribution is 5.91. The molecule has 0 unspecified atom stereocenters. The Hall–Kier alpha value is -3.15. The fraction of sp³-hybridized carbons (Fsp3) is 0.421. The van der Waals surface area contributed by atoms with Crippen LogP contribution in [0.2, 0.25) is 0 Å². The largest absolute Gasteiger partial charge is 0.442 e. The molecule has 1 aliphatic rings.